The Morgan fingerprint density at radius 1 is 1.19 bits per heavy atom. The molecule has 0 bridgehead atoms. The van der Waals surface area contributed by atoms with E-state index < -0.39 is 0 Å². The standard InChI is InChI=1S/C17H25NO2S/c1-12-6-8-14(9-7-12)18-15(19)13(2)10-11-21-16(20)17(3,4)5/h6-9,13H,10-11H2,1-5H3,(H,18,19). The third-order valence-electron chi connectivity index (χ3n) is 3.16. The van der Waals surface area contributed by atoms with Crippen molar-refractivity contribution in [3.8, 4) is 0 Å². The normalized spacial score (nSPS) is 12.8. The molecular weight excluding hydrogens is 282 g/mol. The summed E-state index contributed by atoms with van der Waals surface area (Å²) >= 11 is 1.32. The molecule has 1 aromatic rings. The molecule has 1 atom stereocenters. The third kappa shape index (κ3) is 6.34. The summed E-state index contributed by atoms with van der Waals surface area (Å²) in [6.07, 6.45) is 0.699. The van der Waals surface area contributed by atoms with E-state index in [0.717, 1.165) is 11.3 Å². The zero-order valence-corrected chi connectivity index (χ0v) is 14.3. The van der Waals surface area contributed by atoms with Gasteiger partial charge in [0.05, 0.1) is 0 Å². The predicted molar refractivity (Wildman–Crippen MR) is 90.5 cm³/mol. The second-order valence-electron chi connectivity index (χ2n) is 6.43. The molecule has 0 saturated carbocycles. The Hall–Kier alpha value is -1.29. The Kier molecular flexibility index (Phi) is 6.46. The third-order valence-corrected chi connectivity index (χ3v) is 4.48. The van der Waals surface area contributed by atoms with Gasteiger partial charge >= 0.3 is 0 Å². The highest BCUT2D eigenvalue weighted by Crippen LogP contribution is 2.24. The first-order chi connectivity index (χ1) is 9.70. The van der Waals surface area contributed by atoms with E-state index >= 15 is 0 Å². The van der Waals surface area contributed by atoms with E-state index in [-0.39, 0.29) is 22.4 Å². The lowest BCUT2D eigenvalue weighted by molar-refractivity contribution is -0.119. The molecule has 0 aliphatic heterocycles. The summed E-state index contributed by atoms with van der Waals surface area (Å²) in [5.41, 5.74) is 1.66. The average molecular weight is 307 g/mol. The highest BCUT2D eigenvalue weighted by Gasteiger charge is 2.22. The molecule has 1 N–H and O–H groups in total. The van der Waals surface area contributed by atoms with Crippen LogP contribution in [0.4, 0.5) is 5.69 Å². The number of amides is 1. The van der Waals surface area contributed by atoms with Crippen LogP contribution in [0.25, 0.3) is 0 Å². The molecule has 0 spiro atoms. The molecule has 1 unspecified atom stereocenters. The van der Waals surface area contributed by atoms with E-state index in [1.54, 1.807) is 0 Å². The van der Waals surface area contributed by atoms with Gasteiger partial charge in [-0.2, -0.15) is 0 Å². The topological polar surface area (TPSA) is 46.2 Å². The van der Waals surface area contributed by atoms with E-state index in [1.165, 1.54) is 11.8 Å². The first-order valence-corrected chi connectivity index (χ1v) is 8.23. The van der Waals surface area contributed by atoms with Gasteiger partial charge in [0.1, 0.15) is 0 Å². The Labute approximate surface area is 131 Å². The maximum Gasteiger partial charge on any atom is 0.227 e. The van der Waals surface area contributed by atoms with Gasteiger partial charge in [0.2, 0.25) is 5.91 Å². The van der Waals surface area contributed by atoms with Crippen LogP contribution in [0.5, 0.6) is 0 Å². The van der Waals surface area contributed by atoms with Crippen molar-refractivity contribution in [2.24, 2.45) is 11.3 Å². The van der Waals surface area contributed by atoms with Crippen LogP contribution in [-0.2, 0) is 9.59 Å². The van der Waals surface area contributed by atoms with Crippen LogP contribution in [0.3, 0.4) is 0 Å². The smallest absolute Gasteiger partial charge is 0.227 e. The molecule has 0 fully saturated rings. The number of hydrogen-bond donors (Lipinski definition) is 1. The van der Waals surface area contributed by atoms with Crippen LogP contribution in [0.1, 0.15) is 39.7 Å². The molecule has 0 heterocycles. The van der Waals surface area contributed by atoms with Crippen LogP contribution < -0.4 is 5.32 Å². The van der Waals surface area contributed by atoms with Gasteiger partial charge in [-0.15, -0.1) is 0 Å². The van der Waals surface area contributed by atoms with Gasteiger partial charge in [-0.25, -0.2) is 0 Å². The van der Waals surface area contributed by atoms with E-state index in [4.69, 9.17) is 0 Å². The first kappa shape index (κ1) is 17.8. The molecule has 1 aromatic carbocycles. The predicted octanol–water partition coefficient (Wildman–Crippen LogP) is 4.27. The van der Waals surface area contributed by atoms with E-state index in [2.05, 4.69) is 5.32 Å². The molecule has 0 radical (unpaired) electrons. The van der Waals surface area contributed by atoms with Crippen molar-refractivity contribution in [1.29, 1.82) is 0 Å². The van der Waals surface area contributed by atoms with E-state index in [0.29, 0.717) is 12.2 Å². The fraction of sp³-hybridized carbons (Fsp3) is 0.529. The molecule has 1 amide bonds. The van der Waals surface area contributed by atoms with Crippen LogP contribution in [0.2, 0.25) is 0 Å². The minimum absolute atomic E-state index is 0.00246. The number of thioether (sulfide) groups is 1. The lowest BCUT2D eigenvalue weighted by atomic mass is 10.00. The summed E-state index contributed by atoms with van der Waals surface area (Å²) in [6, 6.07) is 7.74. The van der Waals surface area contributed by atoms with Gasteiger partial charge in [-0.3, -0.25) is 9.59 Å². The largest absolute Gasteiger partial charge is 0.326 e. The Bertz CT molecular complexity index is 489. The van der Waals surface area contributed by atoms with Crippen LogP contribution in [0, 0.1) is 18.3 Å². The Morgan fingerprint density at radius 2 is 1.76 bits per heavy atom. The maximum absolute atomic E-state index is 12.1. The fourth-order valence-corrected chi connectivity index (χ4v) is 2.67. The number of carbonyl (C=O) groups is 2. The van der Waals surface area contributed by atoms with Gasteiger partial charge in [0, 0.05) is 22.8 Å². The molecule has 1 rings (SSSR count). The zero-order valence-electron chi connectivity index (χ0n) is 13.5. The first-order valence-electron chi connectivity index (χ1n) is 7.25. The van der Waals surface area contributed by atoms with Gasteiger partial charge in [-0.1, -0.05) is 57.2 Å². The second-order valence-corrected chi connectivity index (χ2v) is 7.50. The van der Waals surface area contributed by atoms with Crippen molar-refractivity contribution < 1.29 is 9.59 Å². The number of rotatable bonds is 5. The Morgan fingerprint density at radius 3 is 2.29 bits per heavy atom. The molecule has 116 valence electrons. The lowest BCUT2D eigenvalue weighted by Gasteiger charge is -2.16. The molecule has 0 saturated heterocycles. The SMILES string of the molecule is Cc1ccc(NC(=O)C(C)CCSC(=O)C(C)(C)C)cc1. The van der Waals surface area contributed by atoms with Crippen molar-refractivity contribution in [2.75, 3.05) is 11.1 Å². The molecule has 0 aromatic heterocycles. The van der Waals surface area contributed by atoms with Crippen LogP contribution in [-0.4, -0.2) is 16.8 Å². The average Bonchev–Trinajstić information content (AvgIpc) is 2.40. The molecule has 4 heteroatoms. The molecule has 0 aliphatic rings. The highest BCUT2D eigenvalue weighted by atomic mass is 32.2. The molecular formula is C17H25NO2S. The monoisotopic (exact) mass is 307 g/mol. The van der Waals surface area contributed by atoms with Crippen molar-refractivity contribution in [1.82, 2.24) is 0 Å². The molecule has 0 aliphatic carbocycles. The highest BCUT2D eigenvalue weighted by molar-refractivity contribution is 8.13. The summed E-state index contributed by atoms with van der Waals surface area (Å²) in [5.74, 6) is 0.577. The van der Waals surface area contributed by atoms with E-state index in [9.17, 15) is 9.59 Å². The number of hydrogen-bond acceptors (Lipinski definition) is 3. The summed E-state index contributed by atoms with van der Waals surface area (Å²) in [4.78, 5) is 23.9. The Balaban J connectivity index is 2.38. The van der Waals surface area contributed by atoms with E-state index in [1.807, 2.05) is 58.9 Å². The van der Waals surface area contributed by atoms with Crippen molar-refractivity contribution in [2.45, 2.75) is 41.0 Å². The lowest BCUT2D eigenvalue weighted by Crippen LogP contribution is -2.22. The zero-order chi connectivity index (χ0) is 16.0. The fourth-order valence-electron chi connectivity index (χ4n) is 1.58. The maximum atomic E-state index is 12.1. The van der Waals surface area contributed by atoms with Crippen molar-refractivity contribution in [3.05, 3.63) is 29.8 Å². The summed E-state index contributed by atoms with van der Waals surface area (Å²) in [7, 11) is 0. The number of anilines is 1. The van der Waals surface area contributed by atoms with Gasteiger partial charge < -0.3 is 5.32 Å². The van der Waals surface area contributed by atoms with Crippen LogP contribution in [0.15, 0.2) is 24.3 Å². The van der Waals surface area contributed by atoms with Crippen molar-refractivity contribution in [3.63, 3.8) is 0 Å². The molecule has 3 nitrogen and oxygen atoms in total. The van der Waals surface area contributed by atoms with Gasteiger partial charge in [0.15, 0.2) is 5.12 Å². The van der Waals surface area contributed by atoms with Crippen molar-refractivity contribution >= 4 is 28.5 Å². The quantitative estimate of drug-likeness (QED) is 0.884. The minimum atomic E-state index is -0.321. The number of aryl methyl sites for hydroxylation is 1. The van der Waals surface area contributed by atoms with Gasteiger partial charge in [0.25, 0.3) is 0 Å². The number of benzene rings is 1. The van der Waals surface area contributed by atoms with Gasteiger partial charge in [-0.05, 0) is 25.5 Å². The number of carbonyl (C=O) groups excluding carboxylic acids is 2. The second kappa shape index (κ2) is 7.64. The van der Waals surface area contributed by atoms with Crippen LogP contribution >= 0.6 is 11.8 Å². The minimum Gasteiger partial charge on any atom is -0.326 e. The summed E-state index contributed by atoms with van der Waals surface area (Å²) < 4.78 is 0. The summed E-state index contributed by atoms with van der Waals surface area (Å²) in [5, 5.41) is 3.08. The summed E-state index contributed by atoms with van der Waals surface area (Å²) in [6.45, 7) is 9.64. The number of nitrogens with one attached hydrogen (secondary N) is 1. The molecule has 21 heavy (non-hydrogen) atoms.